The average molecular weight is 314 g/mol. The van der Waals surface area contributed by atoms with E-state index < -0.39 is 0 Å². The van der Waals surface area contributed by atoms with E-state index in [1.54, 1.807) is 12.5 Å². The van der Waals surface area contributed by atoms with Crippen molar-refractivity contribution in [3.63, 3.8) is 0 Å². The number of amides is 1. The van der Waals surface area contributed by atoms with Crippen molar-refractivity contribution >= 4 is 33.2 Å². The van der Waals surface area contributed by atoms with Crippen molar-refractivity contribution in [1.29, 1.82) is 0 Å². The summed E-state index contributed by atoms with van der Waals surface area (Å²) < 4.78 is 2.90. The molecule has 90 valence electrons. The molecule has 17 heavy (non-hydrogen) atoms. The maximum Gasteiger partial charge on any atom is 0.252 e. The first-order valence-corrected chi connectivity index (χ1v) is 6.83. The fourth-order valence-corrected chi connectivity index (χ4v) is 2.63. The summed E-state index contributed by atoms with van der Waals surface area (Å²) in [4.78, 5) is 15.8. The fourth-order valence-electron chi connectivity index (χ4n) is 1.49. The minimum atomic E-state index is -0.0421. The molecular formula is C11H12BrN3OS. The Morgan fingerprint density at radius 1 is 1.71 bits per heavy atom. The molecule has 1 amide bonds. The van der Waals surface area contributed by atoms with Gasteiger partial charge in [-0.2, -0.15) is 0 Å². The zero-order valence-corrected chi connectivity index (χ0v) is 11.7. The van der Waals surface area contributed by atoms with Crippen LogP contribution in [0.3, 0.4) is 0 Å². The Morgan fingerprint density at radius 2 is 2.53 bits per heavy atom. The van der Waals surface area contributed by atoms with Gasteiger partial charge in [-0.05, 0) is 28.9 Å². The van der Waals surface area contributed by atoms with Gasteiger partial charge >= 0.3 is 0 Å². The average Bonchev–Trinajstić information content (AvgIpc) is 2.89. The third kappa shape index (κ3) is 3.41. The van der Waals surface area contributed by atoms with Crippen molar-refractivity contribution in [2.24, 2.45) is 0 Å². The van der Waals surface area contributed by atoms with E-state index in [2.05, 4.69) is 26.2 Å². The van der Waals surface area contributed by atoms with Crippen LogP contribution in [0.1, 0.15) is 17.3 Å². The quantitative estimate of drug-likeness (QED) is 0.943. The third-order valence-electron chi connectivity index (χ3n) is 2.25. The predicted molar refractivity (Wildman–Crippen MR) is 71.2 cm³/mol. The molecule has 1 atom stereocenters. The van der Waals surface area contributed by atoms with Gasteiger partial charge in [0.2, 0.25) is 0 Å². The molecule has 0 aliphatic carbocycles. The maximum atomic E-state index is 11.8. The zero-order chi connectivity index (χ0) is 12.3. The van der Waals surface area contributed by atoms with Gasteiger partial charge in [-0.15, -0.1) is 11.3 Å². The molecule has 0 saturated heterocycles. The third-order valence-corrected chi connectivity index (χ3v) is 3.76. The van der Waals surface area contributed by atoms with Gasteiger partial charge in [0.15, 0.2) is 0 Å². The van der Waals surface area contributed by atoms with Gasteiger partial charge in [0, 0.05) is 30.4 Å². The molecule has 2 rings (SSSR count). The van der Waals surface area contributed by atoms with Crippen molar-refractivity contribution in [3.8, 4) is 0 Å². The van der Waals surface area contributed by atoms with Crippen LogP contribution in [0.15, 0.2) is 34.0 Å². The molecule has 0 fully saturated rings. The molecular weight excluding hydrogens is 302 g/mol. The second-order valence-electron chi connectivity index (χ2n) is 3.77. The normalized spacial score (nSPS) is 12.4. The van der Waals surface area contributed by atoms with Crippen molar-refractivity contribution in [1.82, 2.24) is 14.9 Å². The van der Waals surface area contributed by atoms with E-state index in [9.17, 15) is 4.79 Å². The van der Waals surface area contributed by atoms with Gasteiger partial charge in [0.25, 0.3) is 5.91 Å². The lowest BCUT2D eigenvalue weighted by Gasteiger charge is -2.13. The molecule has 2 aromatic heterocycles. The van der Waals surface area contributed by atoms with Gasteiger partial charge in [0.1, 0.15) is 0 Å². The van der Waals surface area contributed by atoms with Crippen LogP contribution in [0, 0.1) is 0 Å². The molecule has 0 spiro atoms. The number of rotatable bonds is 4. The van der Waals surface area contributed by atoms with Gasteiger partial charge in [0.05, 0.1) is 15.7 Å². The number of carbonyl (C=O) groups is 1. The SMILES string of the molecule is C[C@@H](Cn1ccnc1)NC(=O)c1csc(Br)c1. The van der Waals surface area contributed by atoms with Crippen molar-refractivity contribution in [2.75, 3.05) is 0 Å². The van der Waals surface area contributed by atoms with Crippen LogP contribution < -0.4 is 5.32 Å². The Kier molecular flexibility index (Phi) is 3.96. The summed E-state index contributed by atoms with van der Waals surface area (Å²) in [6, 6.07) is 1.89. The van der Waals surface area contributed by atoms with Crippen LogP contribution in [-0.4, -0.2) is 21.5 Å². The zero-order valence-electron chi connectivity index (χ0n) is 9.26. The molecule has 0 aliphatic heterocycles. The first-order chi connectivity index (χ1) is 8.15. The summed E-state index contributed by atoms with van der Waals surface area (Å²) in [6.45, 7) is 2.69. The first-order valence-electron chi connectivity index (χ1n) is 5.16. The van der Waals surface area contributed by atoms with Crippen LogP contribution in [0.2, 0.25) is 0 Å². The number of imidazole rings is 1. The second kappa shape index (κ2) is 5.46. The maximum absolute atomic E-state index is 11.8. The lowest BCUT2D eigenvalue weighted by atomic mass is 10.2. The van der Waals surface area contributed by atoms with Crippen LogP contribution in [-0.2, 0) is 6.54 Å². The summed E-state index contributed by atoms with van der Waals surface area (Å²) >= 11 is 4.85. The molecule has 1 N–H and O–H groups in total. The van der Waals surface area contributed by atoms with E-state index in [4.69, 9.17) is 0 Å². The molecule has 0 aliphatic rings. The number of halogens is 1. The standard InChI is InChI=1S/C11H12BrN3OS/c1-8(5-15-3-2-13-7-15)14-11(16)9-4-10(12)17-6-9/h2-4,6-8H,5H2,1H3,(H,14,16)/t8-/m0/s1. The van der Waals surface area contributed by atoms with E-state index in [-0.39, 0.29) is 11.9 Å². The van der Waals surface area contributed by atoms with E-state index in [0.717, 1.165) is 10.3 Å². The largest absolute Gasteiger partial charge is 0.348 e. The highest BCUT2D eigenvalue weighted by Gasteiger charge is 2.11. The minimum absolute atomic E-state index is 0.0421. The van der Waals surface area contributed by atoms with Crippen LogP contribution in [0.25, 0.3) is 0 Å². The molecule has 0 bridgehead atoms. The fraction of sp³-hybridized carbons (Fsp3) is 0.273. The number of hydrogen-bond donors (Lipinski definition) is 1. The number of hydrogen-bond acceptors (Lipinski definition) is 3. The molecule has 0 saturated carbocycles. The van der Waals surface area contributed by atoms with Gasteiger partial charge in [-0.25, -0.2) is 4.98 Å². The summed E-state index contributed by atoms with van der Waals surface area (Å²) in [5.41, 5.74) is 0.694. The van der Waals surface area contributed by atoms with E-state index in [1.165, 1.54) is 11.3 Å². The second-order valence-corrected chi connectivity index (χ2v) is 6.06. The van der Waals surface area contributed by atoms with Gasteiger partial charge in [-0.3, -0.25) is 4.79 Å². The Hall–Kier alpha value is -1.14. The van der Waals surface area contributed by atoms with Crippen molar-refractivity contribution in [3.05, 3.63) is 39.5 Å². The van der Waals surface area contributed by atoms with Crippen molar-refractivity contribution < 1.29 is 4.79 Å². The number of aromatic nitrogens is 2. The van der Waals surface area contributed by atoms with Crippen LogP contribution in [0.5, 0.6) is 0 Å². The molecule has 0 unspecified atom stereocenters. The van der Waals surface area contributed by atoms with Crippen LogP contribution >= 0.6 is 27.3 Å². The number of thiophene rings is 1. The first kappa shape index (κ1) is 12.3. The Balaban J connectivity index is 1.90. The number of carbonyl (C=O) groups excluding carboxylic acids is 1. The highest BCUT2D eigenvalue weighted by molar-refractivity contribution is 9.11. The highest BCUT2D eigenvalue weighted by atomic mass is 79.9. The summed E-state index contributed by atoms with van der Waals surface area (Å²) in [7, 11) is 0. The topological polar surface area (TPSA) is 46.9 Å². The van der Waals surface area contributed by atoms with E-state index in [1.807, 2.05) is 29.1 Å². The van der Waals surface area contributed by atoms with E-state index >= 15 is 0 Å². The Bertz CT molecular complexity index is 495. The smallest absolute Gasteiger partial charge is 0.252 e. The summed E-state index contributed by atoms with van der Waals surface area (Å²) in [5, 5.41) is 4.78. The Labute approximate surface area is 112 Å². The van der Waals surface area contributed by atoms with Gasteiger partial charge < -0.3 is 9.88 Å². The summed E-state index contributed by atoms with van der Waals surface area (Å²) in [6.07, 6.45) is 5.35. The Morgan fingerprint density at radius 3 is 3.12 bits per heavy atom. The molecule has 0 radical (unpaired) electrons. The molecule has 2 heterocycles. The highest BCUT2D eigenvalue weighted by Crippen LogP contribution is 2.20. The van der Waals surface area contributed by atoms with E-state index in [0.29, 0.717) is 5.56 Å². The van der Waals surface area contributed by atoms with Crippen molar-refractivity contribution in [2.45, 2.75) is 19.5 Å². The lowest BCUT2D eigenvalue weighted by molar-refractivity contribution is 0.0937. The monoisotopic (exact) mass is 313 g/mol. The molecule has 2 aromatic rings. The minimum Gasteiger partial charge on any atom is -0.348 e. The van der Waals surface area contributed by atoms with Crippen LogP contribution in [0.4, 0.5) is 0 Å². The lowest BCUT2D eigenvalue weighted by Crippen LogP contribution is -2.35. The molecule has 0 aromatic carbocycles. The number of nitrogens with zero attached hydrogens (tertiary/aromatic N) is 2. The van der Waals surface area contributed by atoms with Gasteiger partial charge in [-0.1, -0.05) is 0 Å². The number of nitrogens with one attached hydrogen (secondary N) is 1. The molecule has 4 nitrogen and oxygen atoms in total. The summed E-state index contributed by atoms with van der Waals surface area (Å²) in [5.74, 6) is -0.0421. The predicted octanol–water partition coefficient (Wildman–Crippen LogP) is 2.53. The molecule has 6 heteroatoms.